The van der Waals surface area contributed by atoms with Crippen LogP contribution in [-0.4, -0.2) is 83.6 Å². The molecule has 0 bridgehead atoms. The number of nitrogens with zero attached hydrogens (tertiary/aromatic N) is 3. The summed E-state index contributed by atoms with van der Waals surface area (Å²) in [6.45, 7) is 14.8. The fourth-order valence-electron chi connectivity index (χ4n) is 4.84. The number of ether oxygens (including phenoxy) is 1. The minimum atomic E-state index is -4.53. The highest BCUT2D eigenvalue weighted by atomic mass is 19.4. The van der Waals surface area contributed by atoms with E-state index in [0.717, 1.165) is 12.1 Å². The fraction of sp³-hybridized carbons (Fsp3) is 0.536. The largest absolute Gasteiger partial charge is 0.463 e. The first kappa shape index (κ1) is 31.0. The van der Waals surface area contributed by atoms with Gasteiger partial charge in [-0.1, -0.05) is 18.2 Å². The van der Waals surface area contributed by atoms with Gasteiger partial charge in [-0.2, -0.15) is 13.2 Å². The SMILES string of the molecule is C=CCN1C(=O)N[C@H](c2ccc(C(F)(F)F)cc2)C(C(=O)OCC)=C1CN1CCN(C(=O)NC(C)(C)C)[C@H](C)C1. The summed E-state index contributed by atoms with van der Waals surface area (Å²) in [6.07, 6.45) is -3.00. The van der Waals surface area contributed by atoms with E-state index < -0.39 is 29.8 Å². The van der Waals surface area contributed by atoms with Gasteiger partial charge in [0.15, 0.2) is 0 Å². The monoisotopic (exact) mass is 565 g/mol. The Morgan fingerprint density at radius 3 is 2.35 bits per heavy atom. The summed E-state index contributed by atoms with van der Waals surface area (Å²) < 4.78 is 44.9. The van der Waals surface area contributed by atoms with Gasteiger partial charge in [0, 0.05) is 50.0 Å². The van der Waals surface area contributed by atoms with Crippen LogP contribution in [0.1, 0.15) is 51.8 Å². The lowest BCUT2D eigenvalue weighted by atomic mass is 9.93. The molecule has 2 N–H and O–H groups in total. The van der Waals surface area contributed by atoms with Gasteiger partial charge in [-0.15, -0.1) is 6.58 Å². The minimum absolute atomic E-state index is 0.0728. The maximum absolute atomic E-state index is 13.3. The van der Waals surface area contributed by atoms with Crippen molar-refractivity contribution in [2.24, 2.45) is 0 Å². The molecule has 9 nitrogen and oxygen atoms in total. The Balaban J connectivity index is 1.98. The number of carbonyl (C=O) groups is 3. The molecule has 2 atom stereocenters. The maximum Gasteiger partial charge on any atom is 0.416 e. The third kappa shape index (κ3) is 7.35. The first-order chi connectivity index (χ1) is 18.7. The zero-order chi connectivity index (χ0) is 29.8. The van der Waals surface area contributed by atoms with E-state index in [9.17, 15) is 27.6 Å². The Kier molecular flexibility index (Phi) is 9.55. The van der Waals surface area contributed by atoms with Gasteiger partial charge in [0.25, 0.3) is 0 Å². The summed E-state index contributed by atoms with van der Waals surface area (Å²) in [7, 11) is 0. The van der Waals surface area contributed by atoms with E-state index in [0.29, 0.717) is 30.9 Å². The van der Waals surface area contributed by atoms with Crippen LogP contribution in [0.5, 0.6) is 0 Å². The summed E-state index contributed by atoms with van der Waals surface area (Å²) in [5, 5.41) is 5.73. The van der Waals surface area contributed by atoms with Gasteiger partial charge in [-0.05, 0) is 52.3 Å². The fourth-order valence-corrected chi connectivity index (χ4v) is 4.84. The predicted molar refractivity (Wildman–Crippen MR) is 144 cm³/mol. The number of piperazine rings is 1. The number of benzene rings is 1. The molecule has 0 saturated carbocycles. The van der Waals surface area contributed by atoms with E-state index in [1.807, 2.05) is 32.6 Å². The Labute approximate surface area is 233 Å². The minimum Gasteiger partial charge on any atom is -0.463 e. The van der Waals surface area contributed by atoms with Crippen molar-refractivity contribution in [3.8, 4) is 0 Å². The van der Waals surface area contributed by atoms with E-state index in [-0.39, 0.29) is 42.9 Å². The highest BCUT2D eigenvalue weighted by Crippen LogP contribution is 2.35. The molecule has 12 heteroatoms. The molecule has 1 fully saturated rings. The van der Waals surface area contributed by atoms with Gasteiger partial charge in [0.2, 0.25) is 0 Å². The number of rotatable bonds is 7. The molecule has 40 heavy (non-hydrogen) atoms. The summed E-state index contributed by atoms with van der Waals surface area (Å²) in [4.78, 5) is 44.5. The second kappa shape index (κ2) is 12.3. The standard InChI is InChI=1S/C28H38F3N5O4/c1-7-13-36-21(17-34-14-15-35(18(3)16-34)26(39)33-27(4,5)6)22(24(37)40-8-2)23(32-25(36)38)19-9-11-20(12-10-19)28(29,30)31/h7,9-12,18,23H,1,8,13-17H2,2-6H3,(H,32,38)(H,33,39)/t18-,23-/m1/s1. The van der Waals surface area contributed by atoms with Crippen molar-refractivity contribution in [1.82, 2.24) is 25.3 Å². The number of hydrogen-bond donors (Lipinski definition) is 2. The van der Waals surface area contributed by atoms with Gasteiger partial charge >= 0.3 is 24.2 Å². The Morgan fingerprint density at radius 2 is 1.82 bits per heavy atom. The molecule has 1 aromatic rings. The van der Waals surface area contributed by atoms with Crippen LogP contribution in [0, 0.1) is 0 Å². The maximum atomic E-state index is 13.3. The number of amides is 4. The molecule has 0 unspecified atom stereocenters. The summed E-state index contributed by atoms with van der Waals surface area (Å²) in [5.74, 6) is -0.673. The van der Waals surface area contributed by atoms with Crippen LogP contribution in [0.25, 0.3) is 0 Å². The van der Waals surface area contributed by atoms with Gasteiger partial charge in [-0.25, -0.2) is 14.4 Å². The van der Waals surface area contributed by atoms with E-state index in [1.54, 1.807) is 11.8 Å². The summed E-state index contributed by atoms with van der Waals surface area (Å²) >= 11 is 0. The number of hydrogen-bond acceptors (Lipinski definition) is 5. The van der Waals surface area contributed by atoms with Crippen molar-refractivity contribution in [3.05, 3.63) is 59.3 Å². The van der Waals surface area contributed by atoms with Crippen molar-refractivity contribution in [2.75, 3.05) is 39.3 Å². The quantitative estimate of drug-likeness (QED) is 0.380. The lowest BCUT2D eigenvalue weighted by Crippen LogP contribution is -2.59. The van der Waals surface area contributed by atoms with Crippen LogP contribution in [0.2, 0.25) is 0 Å². The van der Waals surface area contributed by atoms with Crippen molar-refractivity contribution in [2.45, 2.75) is 58.4 Å². The van der Waals surface area contributed by atoms with Crippen LogP contribution in [0.15, 0.2) is 48.2 Å². The second-order valence-corrected chi connectivity index (χ2v) is 10.9. The number of carbonyl (C=O) groups excluding carboxylic acids is 3. The van der Waals surface area contributed by atoms with Gasteiger partial charge in [0.05, 0.1) is 23.8 Å². The van der Waals surface area contributed by atoms with Gasteiger partial charge in [0.1, 0.15) is 0 Å². The van der Waals surface area contributed by atoms with Crippen molar-refractivity contribution in [1.29, 1.82) is 0 Å². The third-order valence-electron chi connectivity index (χ3n) is 6.64. The smallest absolute Gasteiger partial charge is 0.416 e. The third-order valence-corrected chi connectivity index (χ3v) is 6.64. The lowest BCUT2D eigenvalue weighted by Gasteiger charge is -2.43. The van der Waals surface area contributed by atoms with Crippen LogP contribution in [0.3, 0.4) is 0 Å². The molecule has 4 amide bonds. The second-order valence-electron chi connectivity index (χ2n) is 10.9. The lowest BCUT2D eigenvalue weighted by molar-refractivity contribution is -0.139. The topological polar surface area (TPSA) is 94.2 Å². The number of alkyl halides is 3. The van der Waals surface area contributed by atoms with Gasteiger partial charge < -0.3 is 20.3 Å². The number of urea groups is 2. The molecule has 2 aliphatic rings. The van der Waals surface area contributed by atoms with Crippen LogP contribution in [-0.2, 0) is 15.7 Å². The van der Waals surface area contributed by atoms with Crippen LogP contribution in [0.4, 0.5) is 22.8 Å². The first-order valence-electron chi connectivity index (χ1n) is 13.2. The van der Waals surface area contributed by atoms with E-state index in [4.69, 9.17) is 4.74 Å². The van der Waals surface area contributed by atoms with E-state index in [2.05, 4.69) is 17.2 Å². The van der Waals surface area contributed by atoms with Crippen molar-refractivity contribution >= 4 is 18.0 Å². The van der Waals surface area contributed by atoms with E-state index in [1.165, 1.54) is 23.1 Å². The molecular weight excluding hydrogens is 527 g/mol. The Morgan fingerprint density at radius 1 is 1.18 bits per heavy atom. The van der Waals surface area contributed by atoms with Crippen LogP contribution >= 0.6 is 0 Å². The average molecular weight is 566 g/mol. The van der Waals surface area contributed by atoms with Crippen molar-refractivity contribution < 1.29 is 32.3 Å². The molecule has 0 spiro atoms. The summed E-state index contributed by atoms with van der Waals surface area (Å²) in [6, 6.07) is 2.50. The molecule has 3 rings (SSSR count). The molecular formula is C28H38F3N5O4. The number of esters is 1. The molecule has 0 radical (unpaired) electrons. The highest BCUT2D eigenvalue weighted by molar-refractivity contribution is 5.95. The zero-order valence-corrected chi connectivity index (χ0v) is 23.6. The van der Waals surface area contributed by atoms with E-state index >= 15 is 0 Å². The molecule has 220 valence electrons. The van der Waals surface area contributed by atoms with Gasteiger partial charge in [-0.3, -0.25) is 9.80 Å². The molecule has 1 aromatic carbocycles. The molecule has 1 saturated heterocycles. The molecule has 2 heterocycles. The number of halogens is 3. The average Bonchev–Trinajstić information content (AvgIpc) is 2.84. The highest BCUT2D eigenvalue weighted by Gasteiger charge is 2.40. The normalized spacial score (nSPS) is 20.8. The summed E-state index contributed by atoms with van der Waals surface area (Å²) in [5.41, 5.74) is -0.384. The Bertz CT molecular complexity index is 1140. The number of nitrogens with one attached hydrogen (secondary N) is 2. The predicted octanol–water partition coefficient (Wildman–Crippen LogP) is 4.29. The van der Waals surface area contributed by atoms with Crippen LogP contribution < -0.4 is 10.6 Å². The molecule has 0 aromatic heterocycles. The zero-order valence-electron chi connectivity index (χ0n) is 23.6. The first-order valence-corrected chi connectivity index (χ1v) is 13.2. The molecule has 0 aliphatic carbocycles. The van der Waals surface area contributed by atoms with Crippen molar-refractivity contribution in [3.63, 3.8) is 0 Å². The molecule has 2 aliphatic heterocycles. The Hall–Kier alpha value is -3.54.